The van der Waals surface area contributed by atoms with Crippen LogP contribution in [0.1, 0.15) is 45.1 Å². The number of carboxylic acids is 2. The molecule has 1 aromatic carbocycles. The fraction of sp³-hybridized carbons (Fsp3) is 0.520. The fourth-order valence-corrected chi connectivity index (χ4v) is 3.62. The van der Waals surface area contributed by atoms with E-state index < -0.39 is 66.2 Å². The first kappa shape index (κ1) is 33.6. The predicted molar refractivity (Wildman–Crippen MR) is 145 cm³/mol. The molecule has 1 aromatic rings. The van der Waals surface area contributed by atoms with Gasteiger partial charge in [-0.3, -0.25) is 24.2 Å². The Bertz CT molecular complexity index is 1060. The molecule has 0 aromatic heterocycles. The molecule has 12 N–H and O–H groups in total. The van der Waals surface area contributed by atoms with Gasteiger partial charge in [0.2, 0.25) is 17.7 Å². The molecule has 0 saturated heterocycles. The van der Waals surface area contributed by atoms with Crippen LogP contribution >= 0.6 is 0 Å². The molecule has 15 nitrogen and oxygen atoms in total. The van der Waals surface area contributed by atoms with Crippen molar-refractivity contribution in [2.45, 2.75) is 70.1 Å². The van der Waals surface area contributed by atoms with E-state index in [-0.39, 0.29) is 37.5 Å². The number of aliphatic carboxylic acids is 2. The van der Waals surface area contributed by atoms with Crippen LogP contribution in [0.15, 0.2) is 29.3 Å². The van der Waals surface area contributed by atoms with Gasteiger partial charge in [-0.1, -0.05) is 32.4 Å². The molecule has 5 atom stereocenters. The van der Waals surface area contributed by atoms with Crippen LogP contribution in [0.3, 0.4) is 0 Å². The van der Waals surface area contributed by atoms with Gasteiger partial charge in [0.15, 0.2) is 5.96 Å². The van der Waals surface area contributed by atoms with Crippen molar-refractivity contribution < 1.29 is 39.3 Å². The van der Waals surface area contributed by atoms with Crippen LogP contribution in [-0.2, 0) is 30.4 Å². The minimum Gasteiger partial charge on any atom is -0.508 e. The number of hydrogen-bond donors (Lipinski definition) is 9. The summed E-state index contributed by atoms with van der Waals surface area (Å²) in [5, 5.41) is 35.3. The summed E-state index contributed by atoms with van der Waals surface area (Å²) < 4.78 is 0. The number of rotatable bonds is 17. The molecule has 5 unspecified atom stereocenters. The summed E-state index contributed by atoms with van der Waals surface area (Å²) in [4.78, 5) is 65.6. The average molecular weight is 566 g/mol. The molecule has 1 rings (SSSR count). The van der Waals surface area contributed by atoms with Crippen LogP contribution in [0.5, 0.6) is 5.75 Å². The standard InChI is InChI=1S/C25H39N7O8/c1-3-13(2)20(32-21(36)16(26)11-14-6-8-15(33)9-7-14)23(38)31-18(12-19(34)35)22(37)30-17(24(39)40)5-4-10-29-25(27)28/h6-9,13,16-18,20,33H,3-5,10-12,26H2,1-2H3,(H,30,37)(H,31,38)(H,32,36)(H,34,35)(H,39,40)(H4,27,28,29). The number of nitrogens with one attached hydrogen (secondary N) is 3. The lowest BCUT2D eigenvalue weighted by Crippen LogP contribution is -2.59. The second kappa shape index (κ2) is 16.5. The second-order valence-corrected chi connectivity index (χ2v) is 9.36. The summed E-state index contributed by atoms with van der Waals surface area (Å²) in [5.74, 6) is -5.85. The highest BCUT2D eigenvalue weighted by Gasteiger charge is 2.33. The number of aromatic hydroxyl groups is 1. The minimum absolute atomic E-state index is 0.0517. The monoisotopic (exact) mass is 565 g/mol. The zero-order valence-corrected chi connectivity index (χ0v) is 22.5. The van der Waals surface area contributed by atoms with E-state index >= 15 is 0 Å². The Labute approximate surface area is 231 Å². The third-order valence-electron chi connectivity index (χ3n) is 6.09. The lowest BCUT2D eigenvalue weighted by molar-refractivity contribution is -0.144. The van der Waals surface area contributed by atoms with Crippen LogP contribution in [0, 0.1) is 5.92 Å². The maximum atomic E-state index is 13.2. The highest BCUT2D eigenvalue weighted by molar-refractivity contribution is 5.95. The van der Waals surface area contributed by atoms with Crippen molar-refractivity contribution >= 4 is 35.6 Å². The first-order chi connectivity index (χ1) is 18.7. The van der Waals surface area contributed by atoms with E-state index in [0.29, 0.717) is 12.0 Å². The number of hydrogen-bond acceptors (Lipinski definition) is 8. The van der Waals surface area contributed by atoms with Gasteiger partial charge in [0.05, 0.1) is 12.5 Å². The predicted octanol–water partition coefficient (Wildman–Crippen LogP) is -1.62. The molecule has 0 fully saturated rings. The van der Waals surface area contributed by atoms with Gasteiger partial charge < -0.3 is 48.5 Å². The number of amides is 3. The number of aliphatic imine (C=N–C) groups is 1. The molecule has 222 valence electrons. The molecule has 3 amide bonds. The van der Waals surface area contributed by atoms with Crippen molar-refractivity contribution in [1.82, 2.24) is 16.0 Å². The summed E-state index contributed by atoms with van der Waals surface area (Å²) in [6.07, 6.45) is -0.129. The van der Waals surface area contributed by atoms with Gasteiger partial charge in [0.25, 0.3) is 0 Å². The van der Waals surface area contributed by atoms with Crippen LogP contribution in [-0.4, -0.2) is 81.7 Å². The van der Waals surface area contributed by atoms with E-state index in [1.54, 1.807) is 26.0 Å². The van der Waals surface area contributed by atoms with Gasteiger partial charge in [-0.25, -0.2) is 4.79 Å². The number of benzene rings is 1. The van der Waals surface area contributed by atoms with Crippen LogP contribution in [0.2, 0.25) is 0 Å². The van der Waals surface area contributed by atoms with Crippen molar-refractivity contribution in [2.24, 2.45) is 28.1 Å². The van der Waals surface area contributed by atoms with E-state index in [4.69, 9.17) is 17.2 Å². The summed E-state index contributed by atoms with van der Waals surface area (Å²) >= 11 is 0. The summed E-state index contributed by atoms with van der Waals surface area (Å²) in [7, 11) is 0. The molecular weight excluding hydrogens is 526 g/mol. The van der Waals surface area contributed by atoms with Crippen LogP contribution < -0.4 is 33.2 Å². The summed E-state index contributed by atoms with van der Waals surface area (Å²) in [6.45, 7) is 3.57. The van der Waals surface area contributed by atoms with Crippen molar-refractivity contribution in [2.75, 3.05) is 6.54 Å². The molecule has 15 heteroatoms. The topological polar surface area (TPSA) is 273 Å². The smallest absolute Gasteiger partial charge is 0.326 e. The van der Waals surface area contributed by atoms with Gasteiger partial charge in [-0.15, -0.1) is 0 Å². The third kappa shape index (κ3) is 12.0. The van der Waals surface area contributed by atoms with Gasteiger partial charge in [-0.05, 0) is 42.9 Å². The number of carbonyl (C=O) groups is 5. The lowest BCUT2D eigenvalue weighted by Gasteiger charge is -2.27. The number of nitrogens with zero attached hydrogens (tertiary/aromatic N) is 1. The number of phenols is 1. The maximum Gasteiger partial charge on any atom is 0.326 e. The Balaban J connectivity index is 2.97. The number of carboxylic acid groups (broad SMARTS) is 2. The van der Waals surface area contributed by atoms with Crippen molar-refractivity contribution in [3.8, 4) is 5.75 Å². The Morgan fingerprint density at radius 3 is 2.05 bits per heavy atom. The Morgan fingerprint density at radius 2 is 1.52 bits per heavy atom. The first-order valence-corrected chi connectivity index (χ1v) is 12.7. The van der Waals surface area contributed by atoms with Crippen molar-refractivity contribution in [3.63, 3.8) is 0 Å². The van der Waals surface area contributed by atoms with E-state index in [9.17, 15) is 39.3 Å². The molecule has 0 bridgehead atoms. The Kier molecular flexibility index (Phi) is 13.9. The zero-order valence-electron chi connectivity index (χ0n) is 22.5. The third-order valence-corrected chi connectivity index (χ3v) is 6.09. The van der Waals surface area contributed by atoms with E-state index in [1.807, 2.05) is 0 Å². The maximum absolute atomic E-state index is 13.2. The normalized spacial score (nSPS) is 14.5. The molecule has 0 aliphatic carbocycles. The molecule has 0 aliphatic heterocycles. The zero-order chi connectivity index (χ0) is 30.4. The van der Waals surface area contributed by atoms with Gasteiger partial charge in [0, 0.05) is 6.54 Å². The molecule has 0 heterocycles. The molecule has 0 radical (unpaired) electrons. The Hall–Kier alpha value is -4.40. The van der Waals surface area contributed by atoms with Gasteiger partial charge >= 0.3 is 11.9 Å². The fourth-order valence-electron chi connectivity index (χ4n) is 3.62. The number of nitrogens with two attached hydrogens (primary N) is 3. The summed E-state index contributed by atoms with van der Waals surface area (Å²) in [5.41, 5.74) is 17.1. The lowest BCUT2D eigenvalue weighted by atomic mass is 9.96. The van der Waals surface area contributed by atoms with Crippen molar-refractivity contribution in [1.29, 1.82) is 0 Å². The minimum atomic E-state index is -1.63. The highest BCUT2D eigenvalue weighted by Crippen LogP contribution is 2.13. The largest absolute Gasteiger partial charge is 0.508 e. The number of phenolic OH excluding ortho intramolecular Hbond substituents is 1. The van der Waals surface area contributed by atoms with E-state index in [1.165, 1.54) is 12.1 Å². The molecular formula is C25H39N7O8. The van der Waals surface area contributed by atoms with Gasteiger partial charge in [-0.2, -0.15) is 0 Å². The number of guanidine groups is 1. The van der Waals surface area contributed by atoms with E-state index in [0.717, 1.165) is 0 Å². The second-order valence-electron chi connectivity index (χ2n) is 9.36. The van der Waals surface area contributed by atoms with Crippen LogP contribution in [0.4, 0.5) is 0 Å². The van der Waals surface area contributed by atoms with Crippen molar-refractivity contribution in [3.05, 3.63) is 29.8 Å². The number of carbonyl (C=O) groups excluding carboxylic acids is 3. The van der Waals surface area contributed by atoms with Gasteiger partial charge in [0.1, 0.15) is 23.9 Å². The molecule has 0 aliphatic rings. The average Bonchev–Trinajstić information content (AvgIpc) is 2.88. The first-order valence-electron chi connectivity index (χ1n) is 12.7. The highest BCUT2D eigenvalue weighted by atomic mass is 16.4. The summed E-state index contributed by atoms with van der Waals surface area (Å²) in [6, 6.07) is 0.865. The molecule has 0 spiro atoms. The Morgan fingerprint density at radius 1 is 0.925 bits per heavy atom. The van der Waals surface area contributed by atoms with Crippen LogP contribution in [0.25, 0.3) is 0 Å². The molecule has 40 heavy (non-hydrogen) atoms. The van der Waals surface area contributed by atoms with E-state index in [2.05, 4.69) is 20.9 Å². The SMILES string of the molecule is CCC(C)C(NC(=O)C(N)Cc1ccc(O)cc1)C(=O)NC(CC(=O)O)C(=O)NC(CCCN=C(N)N)C(=O)O. The molecule has 0 saturated carbocycles. The quantitative estimate of drug-likeness (QED) is 0.0587.